The smallest absolute Gasteiger partial charge is 0.255 e. The van der Waals surface area contributed by atoms with Crippen molar-refractivity contribution in [2.75, 3.05) is 39.3 Å². The Morgan fingerprint density at radius 2 is 1.50 bits per heavy atom. The number of hydrogen-bond donors (Lipinski definition) is 0. The van der Waals surface area contributed by atoms with E-state index in [9.17, 15) is 14.0 Å². The minimum Gasteiger partial charge on any atom is -0.335 e. The van der Waals surface area contributed by atoms with Crippen molar-refractivity contribution in [1.29, 1.82) is 0 Å². The number of nitrogens with zero attached hydrogens (tertiary/aromatic N) is 3. The van der Waals surface area contributed by atoms with Crippen LogP contribution >= 0.6 is 11.6 Å². The van der Waals surface area contributed by atoms with Crippen LogP contribution in [0.4, 0.5) is 4.39 Å². The van der Waals surface area contributed by atoms with Crippen molar-refractivity contribution in [2.45, 2.75) is 20.4 Å². The zero-order valence-corrected chi connectivity index (χ0v) is 18.2. The number of halogens is 2. The molecule has 0 N–H and O–H groups in total. The van der Waals surface area contributed by atoms with Gasteiger partial charge >= 0.3 is 0 Å². The van der Waals surface area contributed by atoms with Gasteiger partial charge in [-0.05, 0) is 49.0 Å². The Hall–Kier alpha value is -2.44. The molecular weight excluding hydrogens is 405 g/mol. The summed E-state index contributed by atoms with van der Waals surface area (Å²) >= 11 is 6.01. The van der Waals surface area contributed by atoms with E-state index in [0.29, 0.717) is 31.7 Å². The first-order valence-electron chi connectivity index (χ1n) is 10.3. The summed E-state index contributed by atoms with van der Waals surface area (Å²) in [4.78, 5) is 31.2. The van der Waals surface area contributed by atoms with Crippen LogP contribution < -0.4 is 0 Å². The fraction of sp³-hybridized carbons (Fsp3) is 0.391. The van der Waals surface area contributed by atoms with Gasteiger partial charge in [-0.1, -0.05) is 37.6 Å². The van der Waals surface area contributed by atoms with E-state index in [2.05, 4.69) is 18.7 Å². The van der Waals surface area contributed by atoms with E-state index in [0.717, 1.165) is 25.7 Å². The second kappa shape index (κ2) is 10.0. The highest BCUT2D eigenvalue weighted by atomic mass is 35.5. The molecule has 0 aliphatic carbocycles. The summed E-state index contributed by atoms with van der Waals surface area (Å²) in [7, 11) is 0. The van der Waals surface area contributed by atoms with Gasteiger partial charge in [-0.3, -0.25) is 14.5 Å². The molecule has 0 spiro atoms. The molecule has 2 amide bonds. The first-order valence-corrected chi connectivity index (χ1v) is 10.7. The first kappa shape index (κ1) is 22.2. The zero-order chi connectivity index (χ0) is 21.7. The van der Waals surface area contributed by atoms with Gasteiger partial charge in [0.1, 0.15) is 5.82 Å². The third-order valence-corrected chi connectivity index (χ3v) is 5.83. The largest absolute Gasteiger partial charge is 0.335 e. The molecule has 0 unspecified atom stereocenters. The Kier molecular flexibility index (Phi) is 7.45. The van der Waals surface area contributed by atoms with E-state index in [1.54, 1.807) is 9.80 Å². The molecule has 1 heterocycles. The topological polar surface area (TPSA) is 43.9 Å². The lowest BCUT2D eigenvalue weighted by molar-refractivity contribution is 0.0535. The molecule has 0 atom stereocenters. The lowest BCUT2D eigenvalue weighted by atomic mass is 10.1. The predicted octanol–water partition coefficient (Wildman–Crippen LogP) is 3.92. The van der Waals surface area contributed by atoms with Gasteiger partial charge in [0.2, 0.25) is 0 Å². The lowest BCUT2D eigenvalue weighted by Gasteiger charge is -2.35. The zero-order valence-electron chi connectivity index (χ0n) is 17.4. The average molecular weight is 432 g/mol. The van der Waals surface area contributed by atoms with E-state index in [1.165, 1.54) is 17.7 Å². The van der Waals surface area contributed by atoms with Crippen molar-refractivity contribution >= 4 is 23.4 Å². The minimum atomic E-state index is -0.477. The number of hydrogen-bond acceptors (Lipinski definition) is 3. The van der Waals surface area contributed by atoms with E-state index in [4.69, 9.17) is 11.6 Å². The highest BCUT2D eigenvalue weighted by molar-refractivity contribution is 6.33. The van der Waals surface area contributed by atoms with Crippen molar-refractivity contribution in [3.63, 3.8) is 0 Å². The molecule has 2 aromatic carbocycles. The van der Waals surface area contributed by atoms with Crippen LogP contribution in [0.25, 0.3) is 0 Å². The van der Waals surface area contributed by atoms with Gasteiger partial charge in [-0.25, -0.2) is 4.39 Å². The van der Waals surface area contributed by atoms with Crippen LogP contribution in [0.15, 0.2) is 42.5 Å². The van der Waals surface area contributed by atoms with E-state index >= 15 is 0 Å². The van der Waals surface area contributed by atoms with Crippen molar-refractivity contribution in [2.24, 2.45) is 0 Å². The highest BCUT2D eigenvalue weighted by Crippen LogP contribution is 2.20. The third kappa shape index (κ3) is 5.18. The molecule has 0 radical (unpaired) electrons. The molecule has 0 saturated carbocycles. The maximum atomic E-state index is 13.2. The molecule has 1 fully saturated rings. The van der Waals surface area contributed by atoms with E-state index in [-0.39, 0.29) is 22.4 Å². The van der Waals surface area contributed by atoms with Crippen LogP contribution in [-0.4, -0.2) is 65.8 Å². The molecule has 30 heavy (non-hydrogen) atoms. The second-order valence-electron chi connectivity index (χ2n) is 7.37. The Morgan fingerprint density at radius 3 is 2.03 bits per heavy atom. The summed E-state index contributed by atoms with van der Waals surface area (Å²) in [6.45, 7) is 8.85. The number of rotatable bonds is 6. The number of carbonyl (C=O) groups is 2. The van der Waals surface area contributed by atoms with E-state index < -0.39 is 5.82 Å². The Labute approximate surface area is 182 Å². The number of amides is 2. The summed E-state index contributed by atoms with van der Waals surface area (Å²) in [5.74, 6) is -0.751. The average Bonchev–Trinajstić information content (AvgIpc) is 2.77. The Morgan fingerprint density at radius 1 is 0.933 bits per heavy atom. The molecule has 0 aromatic heterocycles. The second-order valence-corrected chi connectivity index (χ2v) is 7.77. The molecule has 0 bridgehead atoms. The predicted molar refractivity (Wildman–Crippen MR) is 116 cm³/mol. The maximum Gasteiger partial charge on any atom is 0.255 e. The van der Waals surface area contributed by atoms with Gasteiger partial charge < -0.3 is 9.80 Å². The quantitative estimate of drug-likeness (QED) is 0.696. The summed E-state index contributed by atoms with van der Waals surface area (Å²) < 4.78 is 13.2. The first-order chi connectivity index (χ1) is 14.4. The van der Waals surface area contributed by atoms with Gasteiger partial charge in [0.25, 0.3) is 11.8 Å². The molecule has 1 aliphatic rings. The van der Waals surface area contributed by atoms with Crippen molar-refractivity contribution < 1.29 is 14.0 Å². The van der Waals surface area contributed by atoms with Crippen LogP contribution in [0.1, 0.15) is 40.1 Å². The summed E-state index contributed by atoms with van der Waals surface area (Å²) in [6, 6.07) is 11.5. The Balaban J connectivity index is 1.58. The van der Waals surface area contributed by atoms with Gasteiger partial charge in [-0.2, -0.15) is 0 Å². The minimum absolute atomic E-state index is 0.0312. The fourth-order valence-electron chi connectivity index (χ4n) is 3.59. The monoisotopic (exact) mass is 431 g/mol. The molecule has 7 heteroatoms. The molecule has 5 nitrogen and oxygen atoms in total. The molecular formula is C23H27ClFN3O2. The van der Waals surface area contributed by atoms with Gasteiger partial charge in [-0.15, -0.1) is 0 Å². The number of benzene rings is 2. The summed E-state index contributed by atoms with van der Waals surface area (Å²) in [6.07, 6.45) is 0. The normalized spacial score (nSPS) is 14.3. The number of carbonyl (C=O) groups excluding carboxylic acids is 2. The van der Waals surface area contributed by atoms with Crippen molar-refractivity contribution in [1.82, 2.24) is 14.7 Å². The summed E-state index contributed by atoms with van der Waals surface area (Å²) in [5, 5.41) is 0.100. The molecule has 160 valence electrons. The molecule has 3 rings (SSSR count). The van der Waals surface area contributed by atoms with Gasteiger partial charge in [0, 0.05) is 38.3 Å². The van der Waals surface area contributed by atoms with Crippen LogP contribution in [0, 0.1) is 5.82 Å². The van der Waals surface area contributed by atoms with Crippen LogP contribution in [0.2, 0.25) is 5.02 Å². The van der Waals surface area contributed by atoms with Crippen molar-refractivity contribution in [3.05, 3.63) is 70.0 Å². The standard InChI is InChI=1S/C23H27ClFN3O2/c1-3-26(4-2)16-17-5-7-18(8-6-17)22(29)27-11-13-28(14-12-27)23(30)20-10-9-19(25)15-21(20)24/h5-10,15H,3-4,11-14,16H2,1-2H3. The van der Waals surface area contributed by atoms with Crippen LogP contribution in [0.5, 0.6) is 0 Å². The molecule has 2 aromatic rings. The lowest BCUT2D eigenvalue weighted by Crippen LogP contribution is -2.50. The van der Waals surface area contributed by atoms with E-state index in [1.807, 2.05) is 24.3 Å². The SMILES string of the molecule is CCN(CC)Cc1ccc(C(=O)N2CCN(C(=O)c3ccc(F)cc3Cl)CC2)cc1. The van der Waals surface area contributed by atoms with Gasteiger partial charge in [0.05, 0.1) is 10.6 Å². The molecule has 1 saturated heterocycles. The van der Waals surface area contributed by atoms with Crippen molar-refractivity contribution in [3.8, 4) is 0 Å². The Bertz CT molecular complexity index is 892. The molecule has 1 aliphatic heterocycles. The van der Waals surface area contributed by atoms with Crippen LogP contribution in [-0.2, 0) is 6.54 Å². The number of piperazine rings is 1. The third-order valence-electron chi connectivity index (χ3n) is 5.52. The van der Waals surface area contributed by atoms with Crippen LogP contribution in [0.3, 0.4) is 0 Å². The van der Waals surface area contributed by atoms with Gasteiger partial charge in [0.15, 0.2) is 0 Å². The fourth-order valence-corrected chi connectivity index (χ4v) is 3.83. The maximum absolute atomic E-state index is 13.2. The highest BCUT2D eigenvalue weighted by Gasteiger charge is 2.26. The summed E-state index contributed by atoms with van der Waals surface area (Å²) in [5.41, 5.74) is 2.11.